The lowest BCUT2D eigenvalue weighted by Gasteiger charge is -2.08. The minimum atomic E-state index is -0.385. The van der Waals surface area contributed by atoms with Gasteiger partial charge in [0, 0.05) is 30.9 Å². The number of nitro groups is 1. The number of hydrogen-bond donors (Lipinski definition) is 2. The van der Waals surface area contributed by atoms with E-state index >= 15 is 0 Å². The quantitative estimate of drug-likeness (QED) is 0.438. The van der Waals surface area contributed by atoms with Gasteiger partial charge >= 0.3 is 0 Å². The van der Waals surface area contributed by atoms with Crippen molar-refractivity contribution in [3.63, 3.8) is 0 Å². The van der Waals surface area contributed by atoms with E-state index in [1.54, 1.807) is 12.1 Å². The summed E-state index contributed by atoms with van der Waals surface area (Å²) in [6.45, 7) is 3.51. The maximum atomic E-state index is 10.5. The number of nitrogens with zero attached hydrogens (tertiary/aromatic N) is 1. The molecule has 82 valence electrons. The van der Waals surface area contributed by atoms with Crippen LogP contribution in [0.15, 0.2) is 18.2 Å². The number of benzene rings is 1. The van der Waals surface area contributed by atoms with E-state index in [1.165, 1.54) is 6.07 Å². The maximum Gasteiger partial charge on any atom is 0.269 e. The predicted octanol–water partition coefficient (Wildman–Crippen LogP) is 1.53. The van der Waals surface area contributed by atoms with E-state index in [4.69, 9.17) is 0 Å². The molecule has 1 rings (SSSR count). The normalized spacial score (nSPS) is 10.0. The number of likely N-dealkylation sites (N-methyl/N-ethyl adjacent to an activating group) is 1. The van der Waals surface area contributed by atoms with Gasteiger partial charge in [-0.25, -0.2) is 0 Å². The van der Waals surface area contributed by atoms with Gasteiger partial charge in [0.05, 0.1) is 4.92 Å². The van der Waals surface area contributed by atoms with E-state index < -0.39 is 0 Å². The summed E-state index contributed by atoms with van der Waals surface area (Å²) in [5.74, 6) is 0. The van der Waals surface area contributed by atoms with Gasteiger partial charge in [0.2, 0.25) is 0 Å². The summed E-state index contributed by atoms with van der Waals surface area (Å²) in [5, 5.41) is 16.7. The molecule has 0 saturated carbocycles. The summed E-state index contributed by atoms with van der Waals surface area (Å²) in [4.78, 5) is 10.1. The lowest BCUT2D eigenvalue weighted by Crippen LogP contribution is -2.18. The summed E-state index contributed by atoms with van der Waals surface area (Å²) in [6, 6.07) is 4.82. The van der Waals surface area contributed by atoms with Crippen LogP contribution in [-0.2, 0) is 0 Å². The standard InChI is InChI=1S/C10H15N3O2/c1-8-7-9(13(14)15)3-4-10(8)12-6-5-11-2/h3-4,7,11-12H,5-6H2,1-2H3. The summed E-state index contributed by atoms with van der Waals surface area (Å²) >= 11 is 0. The minimum Gasteiger partial charge on any atom is -0.384 e. The number of nitro benzene ring substituents is 1. The third-order valence-corrected chi connectivity index (χ3v) is 2.11. The smallest absolute Gasteiger partial charge is 0.269 e. The first-order valence-electron chi connectivity index (χ1n) is 4.78. The van der Waals surface area contributed by atoms with Crippen LogP contribution in [-0.4, -0.2) is 25.1 Å². The molecule has 0 aromatic heterocycles. The zero-order chi connectivity index (χ0) is 11.3. The number of aryl methyl sites for hydroxylation is 1. The van der Waals surface area contributed by atoms with Crippen molar-refractivity contribution in [1.29, 1.82) is 0 Å². The number of non-ortho nitro benzene ring substituents is 1. The van der Waals surface area contributed by atoms with Crippen molar-refractivity contribution in [2.45, 2.75) is 6.92 Å². The molecule has 0 atom stereocenters. The molecular formula is C10H15N3O2. The van der Waals surface area contributed by atoms with Crippen molar-refractivity contribution < 1.29 is 4.92 Å². The number of hydrogen-bond acceptors (Lipinski definition) is 4. The van der Waals surface area contributed by atoms with Gasteiger partial charge in [0.1, 0.15) is 0 Å². The van der Waals surface area contributed by atoms with Crippen LogP contribution in [0.1, 0.15) is 5.56 Å². The average Bonchev–Trinajstić information content (AvgIpc) is 2.20. The monoisotopic (exact) mass is 209 g/mol. The van der Waals surface area contributed by atoms with E-state index in [-0.39, 0.29) is 10.6 Å². The van der Waals surface area contributed by atoms with Crippen LogP contribution < -0.4 is 10.6 Å². The first-order valence-corrected chi connectivity index (χ1v) is 4.78. The third kappa shape index (κ3) is 3.21. The molecule has 0 unspecified atom stereocenters. The molecule has 0 heterocycles. The molecule has 0 amide bonds. The molecule has 5 heteroatoms. The van der Waals surface area contributed by atoms with Gasteiger partial charge in [0.25, 0.3) is 5.69 Å². The van der Waals surface area contributed by atoms with Crippen molar-refractivity contribution in [2.75, 3.05) is 25.5 Å². The van der Waals surface area contributed by atoms with E-state index in [1.807, 2.05) is 14.0 Å². The topological polar surface area (TPSA) is 67.2 Å². The summed E-state index contributed by atoms with van der Waals surface area (Å²) in [5.41, 5.74) is 1.96. The van der Waals surface area contributed by atoms with Crippen molar-refractivity contribution >= 4 is 11.4 Å². The molecule has 0 aliphatic heterocycles. The first-order chi connectivity index (χ1) is 7.15. The highest BCUT2D eigenvalue weighted by molar-refractivity contribution is 5.55. The van der Waals surface area contributed by atoms with Crippen LogP contribution in [0.4, 0.5) is 11.4 Å². The van der Waals surface area contributed by atoms with Crippen LogP contribution in [0.2, 0.25) is 0 Å². The van der Waals surface area contributed by atoms with Crippen molar-refractivity contribution in [3.05, 3.63) is 33.9 Å². The van der Waals surface area contributed by atoms with Crippen LogP contribution in [0.25, 0.3) is 0 Å². The van der Waals surface area contributed by atoms with Gasteiger partial charge in [-0.3, -0.25) is 10.1 Å². The lowest BCUT2D eigenvalue weighted by molar-refractivity contribution is -0.384. The Balaban J connectivity index is 2.70. The first kappa shape index (κ1) is 11.5. The molecule has 15 heavy (non-hydrogen) atoms. The molecule has 0 radical (unpaired) electrons. The fourth-order valence-electron chi connectivity index (χ4n) is 1.28. The van der Waals surface area contributed by atoms with E-state index in [0.29, 0.717) is 0 Å². The zero-order valence-electron chi connectivity index (χ0n) is 8.91. The Labute approximate surface area is 88.6 Å². The number of rotatable bonds is 5. The molecule has 1 aromatic rings. The van der Waals surface area contributed by atoms with Crippen molar-refractivity contribution in [1.82, 2.24) is 5.32 Å². The summed E-state index contributed by atoms with van der Waals surface area (Å²) in [7, 11) is 1.88. The van der Waals surface area contributed by atoms with Gasteiger partial charge in [0.15, 0.2) is 0 Å². The number of nitrogens with one attached hydrogen (secondary N) is 2. The Bertz CT molecular complexity index is 353. The summed E-state index contributed by atoms with van der Waals surface area (Å²) in [6.07, 6.45) is 0. The third-order valence-electron chi connectivity index (χ3n) is 2.11. The molecule has 0 aliphatic rings. The molecule has 0 fully saturated rings. The fourth-order valence-corrected chi connectivity index (χ4v) is 1.28. The molecule has 5 nitrogen and oxygen atoms in total. The van der Waals surface area contributed by atoms with Gasteiger partial charge in [-0.2, -0.15) is 0 Å². The Kier molecular flexibility index (Phi) is 4.05. The van der Waals surface area contributed by atoms with E-state index in [2.05, 4.69) is 10.6 Å². The van der Waals surface area contributed by atoms with Crippen LogP contribution >= 0.6 is 0 Å². The Morgan fingerprint density at radius 1 is 1.40 bits per heavy atom. The van der Waals surface area contributed by atoms with Crippen LogP contribution in [0.5, 0.6) is 0 Å². The van der Waals surface area contributed by atoms with E-state index in [0.717, 1.165) is 24.3 Å². The van der Waals surface area contributed by atoms with E-state index in [9.17, 15) is 10.1 Å². The average molecular weight is 209 g/mol. The Hall–Kier alpha value is -1.62. The van der Waals surface area contributed by atoms with Crippen LogP contribution in [0, 0.1) is 17.0 Å². The molecule has 0 spiro atoms. The Morgan fingerprint density at radius 3 is 2.67 bits per heavy atom. The van der Waals surface area contributed by atoms with Crippen molar-refractivity contribution in [3.8, 4) is 0 Å². The SMILES string of the molecule is CNCCNc1ccc([N+](=O)[O-])cc1C. The lowest BCUT2D eigenvalue weighted by atomic mass is 10.2. The molecule has 0 aliphatic carbocycles. The fraction of sp³-hybridized carbons (Fsp3) is 0.400. The summed E-state index contributed by atoms with van der Waals surface area (Å²) < 4.78 is 0. The predicted molar refractivity (Wildman–Crippen MR) is 60.2 cm³/mol. The highest BCUT2D eigenvalue weighted by atomic mass is 16.6. The highest BCUT2D eigenvalue weighted by Gasteiger charge is 2.06. The number of anilines is 1. The molecule has 0 bridgehead atoms. The molecule has 0 saturated heterocycles. The maximum absolute atomic E-state index is 10.5. The zero-order valence-corrected chi connectivity index (χ0v) is 8.91. The molecule has 1 aromatic carbocycles. The van der Waals surface area contributed by atoms with Crippen molar-refractivity contribution in [2.24, 2.45) is 0 Å². The second kappa shape index (κ2) is 5.31. The van der Waals surface area contributed by atoms with Gasteiger partial charge in [-0.15, -0.1) is 0 Å². The molecule has 2 N–H and O–H groups in total. The van der Waals surface area contributed by atoms with Gasteiger partial charge in [-0.1, -0.05) is 0 Å². The van der Waals surface area contributed by atoms with Gasteiger partial charge in [-0.05, 0) is 25.6 Å². The van der Waals surface area contributed by atoms with Crippen LogP contribution in [0.3, 0.4) is 0 Å². The molecular weight excluding hydrogens is 194 g/mol. The highest BCUT2D eigenvalue weighted by Crippen LogP contribution is 2.20. The van der Waals surface area contributed by atoms with Gasteiger partial charge < -0.3 is 10.6 Å². The second-order valence-electron chi connectivity index (χ2n) is 3.29. The Morgan fingerprint density at radius 2 is 2.13 bits per heavy atom. The second-order valence-corrected chi connectivity index (χ2v) is 3.29. The minimum absolute atomic E-state index is 0.131. The largest absolute Gasteiger partial charge is 0.384 e.